The molecule has 0 saturated carbocycles. The van der Waals surface area contributed by atoms with Crippen LogP contribution in [0.4, 0.5) is 0 Å². The van der Waals surface area contributed by atoms with Crippen molar-refractivity contribution in [2.24, 2.45) is 0 Å². The van der Waals surface area contributed by atoms with Crippen LogP contribution < -0.4 is 0 Å². The Morgan fingerprint density at radius 2 is 1.36 bits per heavy atom. The first-order valence-electron chi connectivity index (χ1n) is 9.06. The van der Waals surface area contributed by atoms with Gasteiger partial charge in [0.25, 0.3) is 0 Å². The van der Waals surface area contributed by atoms with Crippen LogP contribution in [-0.4, -0.2) is 9.97 Å². The van der Waals surface area contributed by atoms with E-state index in [4.69, 9.17) is 21.6 Å². The van der Waals surface area contributed by atoms with Gasteiger partial charge in [-0.1, -0.05) is 95.7 Å². The van der Waals surface area contributed by atoms with E-state index in [2.05, 4.69) is 49.4 Å². The molecule has 28 heavy (non-hydrogen) atoms. The molecule has 0 saturated heterocycles. The lowest BCUT2D eigenvalue weighted by Crippen LogP contribution is -1.95. The fourth-order valence-electron chi connectivity index (χ4n) is 2.85. The largest absolute Gasteiger partial charge is 0.222 e. The molecule has 0 fully saturated rings. The second kappa shape index (κ2) is 8.59. The van der Waals surface area contributed by atoms with Gasteiger partial charge < -0.3 is 0 Å². The minimum absolute atomic E-state index is 0.748. The zero-order valence-electron chi connectivity index (χ0n) is 15.5. The Hall–Kier alpha value is -2.62. The van der Waals surface area contributed by atoms with Gasteiger partial charge in [0, 0.05) is 21.9 Å². The number of hydrogen-bond donors (Lipinski definition) is 0. The molecule has 4 aromatic rings. The molecule has 0 bridgehead atoms. The van der Waals surface area contributed by atoms with Crippen molar-refractivity contribution in [2.75, 3.05) is 0 Å². The van der Waals surface area contributed by atoms with Gasteiger partial charge in [0.1, 0.15) is 0 Å². The van der Waals surface area contributed by atoms with Gasteiger partial charge in [-0.25, -0.2) is 9.97 Å². The summed E-state index contributed by atoms with van der Waals surface area (Å²) in [4.78, 5) is 9.62. The van der Waals surface area contributed by atoms with Gasteiger partial charge in [-0.2, -0.15) is 0 Å². The molecule has 4 rings (SSSR count). The maximum atomic E-state index is 5.99. The van der Waals surface area contributed by atoms with E-state index in [1.807, 2.05) is 42.5 Å². The van der Waals surface area contributed by atoms with E-state index >= 15 is 0 Å². The smallest absolute Gasteiger partial charge is 0.189 e. The maximum Gasteiger partial charge on any atom is 0.189 e. The van der Waals surface area contributed by atoms with E-state index in [-0.39, 0.29) is 0 Å². The molecule has 0 radical (unpaired) electrons. The Bertz CT molecular complexity index is 1060. The van der Waals surface area contributed by atoms with Crippen molar-refractivity contribution >= 4 is 23.4 Å². The summed E-state index contributed by atoms with van der Waals surface area (Å²) in [6, 6.07) is 28.6. The van der Waals surface area contributed by atoms with E-state index in [0.29, 0.717) is 0 Å². The average molecular weight is 403 g/mol. The molecule has 0 amide bonds. The highest BCUT2D eigenvalue weighted by atomic mass is 35.5. The molecule has 0 aliphatic heterocycles. The van der Waals surface area contributed by atoms with Gasteiger partial charge in [-0.15, -0.1) is 0 Å². The van der Waals surface area contributed by atoms with Crippen LogP contribution in [0.3, 0.4) is 0 Å². The monoisotopic (exact) mass is 402 g/mol. The van der Waals surface area contributed by atoms with Crippen molar-refractivity contribution in [3.63, 3.8) is 0 Å². The molecule has 1 heterocycles. The standard InChI is InChI=1S/C24H19ClN2S/c1-17-7-11-20(12-8-17)23-15-22(19-5-3-2-4-6-19)26-24(27-23)28-16-18-9-13-21(25)14-10-18/h2-15H,16H2,1H3. The SMILES string of the molecule is Cc1ccc(-c2cc(-c3ccccc3)nc(SCc3ccc(Cl)cc3)n2)cc1. The van der Waals surface area contributed by atoms with Gasteiger partial charge >= 0.3 is 0 Å². The van der Waals surface area contributed by atoms with Gasteiger partial charge in [-0.05, 0) is 30.7 Å². The van der Waals surface area contributed by atoms with Crippen LogP contribution in [-0.2, 0) is 5.75 Å². The number of nitrogens with zero attached hydrogens (tertiary/aromatic N) is 2. The third-order valence-corrected chi connectivity index (χ3v) is 5.57. The van der Waals surface area contributed by atoms with Gasteiger partial charge in [0.15, 0.2) is 5.16 Å². The molecule has 4 heteroatoms. The normalized spacial score (nSPS) is 10.8. The van der Waals surface area contributed by atoms with Crippen molar-refractivity contribution in [3.8, 4) is 22.5 Å². The van der Waals surface area contributed by atoms with Crippen molar-refractivity contribution < 1.29 is 0 Å². The molecule has 0 N–H and O–H groups in total. The van der Waals surface area contributed by atoms with E-state index in [1.54, 1.807) is 11.8 Å². The molecular formula is C24H19ClN2S. The summed E-state index contributed by atoms with van der Waals surface area (Å²) in [5.41, 5.74) is 6.49. The highest BCUT2D eigenvalue weighted by molar-refractivity contribution is 7.98. The summed E-state index contributed by atoms with van der Waals surface area (Å²) in [5.74, 6) is 0.794. The number of hydrogen-bond acceptors (Lipinski definition) is 3. The summed E-state index contributed by atoms with van der Waals surface area (Å²) in [6.45, 7) is 2.09. The molecular weight excluding hydrogens is 384 g/mol. The maximum absolute atomic E-state index is 5.99. The molecule has 0 aliphatic rings. The molecule has 0 aliphatic carbocycles. The fourth-order valence-corrected chi connectivity index (χ4v) is 3.79. The molecule has 1 aromatic heterocycles. The summed E-state index contributed by atoms with van der Waals surface area (Å²) in [6.07, 6.45) is 0. The summed E-state index contributed by atoms with van der Waals surface area (Å²) >= 11 is 7.62. The molecule has 138 valence electrons. The Morgan fingerprint density at radius 3 is 2.00 bits per heavy atom. The second-order valence-electron chi connectivity index (χ2n) is 6.57. The number of aryl methyl sites for hydroxylation is 1. The van der Waals surface area contributed by atoms with Crippen LogP contribution in [0.15, 0.2) is 90.1 Å². The number of thioether (sulfide) groups is 1. The van der Waals surface area contributed by atoms with Crippen LogP contribution in [0.1, 0.15) is 11.1 Å². The average Bonchev–Trinajstić information content (AvgIpc) is 2.74. The lowest BCUT2D eigenvalue weighted by molar-refractivity contribution is 0.978. The number of rotatable bonds is 5. The predicted octanol–water partition coefficient (Wildman–Crippen LogP) is 7.06. The second-order valence-corrected chi connectivity index (χ2v) is 7.95. The zero-order valence-corrected chi connectivity index (χ0v) is 17.0. The number of aromatic nitrogens is 2. The molecule has 3 aromatic carbocycles. The van der Waals surface area contributed by atoms with Gasteiger partial charge in [0.05, 0.1) is 11.4 Å². The summed E-state index contributed by atoms with van der Waals surface area (Å²) in [7, 11) is 0. The van der Waals surface area contributed by atoms with Crippen molar-refractivity contribution in [1.29, 1.82) is 0 Å². The molecule has 2 nitrogen and oxygen atoms in total. The minimum atomic E-state index is 0.748. The van der Waals surface area contributed by atoms with Gasteiger partial charge in [0.2, 0.25) is 0 Å². The first-order chi connectivity index (χ1) is 13.7. The Labute approximate surface area is 174 Å². The summed E-state index contributed by atoms with van der Waals surface area (Å²) < 4.78 is 0. The van der Waals surface area contributed by atoms with Crippen LogP contribution in [0.25, 0.3) is 22.5 Å². The predicted molar refractivity (Wildman–Crippen MR) is 119 cm³/mol. The highest BCUT2D eigenvalue weighted by Gasteiger charge is 2.09. The third-order valence-electron chi connectivity index (χ3n) is 4.40. The van der Waals surface area contributed by atoms with Crippen molar-refractivity contribution in [1.82, 2.24) is 9.97 Å². The number of benzene rings is 3. The van der Waals surface area contributed by atoms with Crippen LogP contribution >= 0.6 is 23.4 Å². The van der Waals surface area contributed by atoms with Crippen molar-refractivity contribution in [2.45, 2.75) is 17.8 Å². The number of halogens is 1. The van der Waals surface area contributed by atoms with E-state index in [1.165, 1.54) is 11.1 Å². The molecule has 0 atom stereocenters. The first-order valence-corrected chi connectivity index (χ1v) is 10.4. The lowest BCUT2D eigenvalue weighted by Gasteiger charge is -2.09. The minimum Gasteiger partial charge on any atom is -0.222 e. The van der Waals surface area contributed by atoms with Gasteiger partial charge in [-0.3, -0.25) is 0 Å². The lowest BCUT2D eigenvalue weighted by atomic mass is 10.1. The van der Waals surface area contributed by atoms with E-state index in [9.17, 15) is 0 Å². The third kappa shape index (κ3) is 4.61. The Balaban J connectivity index is 1.69. The zero-order chi connectivity index (χ0) is 19.3. The van der Waals surface area contributed by atoms with E-state index < -0.39 is 0 Å². The Kier molecular flexibility index (Phi) is 5.75. The Morgan fingerprint density at radius 1 is 0.750 bits per heavy atom. The fraction of sp³-hybridized carbons (Fsp3) is 0.0833. The molecule has 0 unspecified atom stereocenters. The highest BCUT2D eigenvalue weighted by Crippen LogP contribution is 2.28. The first kappa shape index (κ1) is 18.7. The quantitative estimate of drug-likeness (QED) is 0.264. The van der Waals surface area contributed by atoms with E-state index in [0.717, 1.165) is 38.4 Å². The van der Waals surface area contributed by atoms with Crippen LogP contribution in [0.5, 0.6) is 0 Å². The van der Waals surface area contributed by atoms with Crippen molar-refractivity contribution in [3.05, 3.63) is 101 Å². The van der Waals surface area contributed by atoms with Crippen LogP contribution in [0, 0.1) is 6.92 Å². The molecule has 0 spiro atoms. The summed E-state index contributed by atoms with van der Waals surface area (Å²) in [5, 5.41) is 1.52. The topological polar surface area (TPSA) is 25.8 Å². The van der Waals surface area contributed by atoms with Crippen LogP contribution in [0.2, 0.25) is 5.02 Å².